The van der Waals surface area contributed by atoms with Crippen molar-refractivity contribution in [1.82, 2.24) is 0 Å². The molecular formula is C9H14N2O. The number of rotatable bonds is 4. The second-order valence-electron chi connectivity index (χ2n) is 3.69. The molecule has 0 N–H and O–H groups in total. The number of hydrogen-bond acceptors (Lipinski definition) is 1. The van der Waals surface area contributed by atoms with Crippen molar-refractivity contribution in [2.75, 3.05) is 0 Å². The summed E-state index contributed by atoms with van der Waals surface area (Å²) >= 11 is 0. The fourth-order valence-electron chi connectivity index (χ4n) is 1.21. The topological polar surface area (TPSA) is 53.5 Å². The number of Topliss-reactive ketones (excluding diaryl/α,β-unsaturated/α-hetero) is 1. The Morgan fingerprint density at radius 1 is 1.58 bits per heavy atom. The number of ketones is 1. The predicted molar refractivity (Wildman–Crippen MR) is 45.9 cm³/mol. The summed E-state index contributed by atoms with van der Waals surface area (Å²) in [6.07, 6.45) is 3.31. The van der Waals surface area contributed by atoms with Crippen molar-refractivity contribution in [2.45, 2.75) is 39.5 Å². The van der Waals surface area contributed by atoms with E-state index in [1.165, 1.54) is 0 Å². The van der Waals surface area contributed by atoms with Crippen LogP contribution in [0.3, 0.4) is 0 Å². The van der Waals surface area contributed by atoms with Crippen LogP contribution < -0.4 is 0 Å². The number of hydrogen-bond donors (Lipinski definition) is 0. The van der Waals surface area contributed by atoms with Gasteiger partial charge in [-0.3, -0.25) is 4.79 Å². The van der Waals surface area contributed by atoms with Gasteiger partial charge in [0.2, 0.25) is 5.78 Å². The first-order valence-electron chi connectivity index (χ1n) is 4.40. The zero-order valence-corrected chi connectivity index (χ0v) is 7.63. The number of nitrogens with zero attached hydrogens (tertiary/aromatic N) is 2. The molecule has 0 aromatic rings. The van der Waals surface area contributed by atoms with Crippen LogP contribution >= 0.6 is 0 Å². The second-order valence-corrected chi connectivity index (χ2v) is 3.69. The van der Waals surface area contributed by atoms with Gasteiger partial charge in [-0.15, -0.1) is 0 Å². The van der Waals surface area contributed by atoms with E-state index < -0.39 is 0 Å². The van der Waals surface area contributed by atoms with Gasteiger partial charge in [-0.25, -0.2) is 0 Å². The lowest BCUT2D eigenvalue weighted by Crippen LogP contribution is -2.23. The van der Waals surface area contributed by atoms with Gasteiger partial charge in [0.1, 0.15) is 0 Å². The molecule has 12 heavy (non-hydrogen) atoms. The first-order chi connectivity index (χ1) is 5.64. The summed E-state index contributed by atoms with van der Waals surface area (Å²) in [6.45, 7) is 3.89. The molecule has 1 aliphatic rings. The van der Waals surface area contributed by atoms with Crippen molar-refractivity contribution in [3.8, 4) is 0 Å². The molecule has 3 nitrogen and oxygen atoms in total. The third-order valence-electron chi connectivity index (χ3n) is 2.42. The first-order valence-corrected chi connectivity index (χ1v) is 4.40. The minimum atomic E-state index is -0.198. The Morgan fingerprint density at radius 3 is 2.50 bits per heavy atom. The third kappa shape index (κ3) is 1.62. The average Bonchev–Trinajstić information content (AvgIpc) is 2.79. The SMILES string of the molecule is CCCC(=[N+]=[N-])C(=O)C1(C)CC1. The highest BCUT2D eigenvalue weighted by atomic mass is 16.1. The zero-order valence-electron chi connectivity index (χ0n) is 7.63. The molecule has 0 aliphatic heterocycles. The van der Waals surface area contributed by atoms with Gasteiger partial charge in [-0.2, -0.15) is 4.79 Å². The van der Waals surface area contributed by atoms with Gasteiger partial charge >= 0.3 is 5.71 Å². The Bertz CT molecular complexity index is 247. The molecule has 0 atom stereocenters. The highest BCUT2D eigenvalue weighted by molar-refractivity contribution is 6.39. The summed E-state index contributed by atoms with van der Waals surface area (Å²) in [5.41, 5.74) is 8.73. The largest absolute Gasteiger partial charge is 0.361 e. The molecule has 3 heteroatoms. The van der Waals surface area contributed by atoms with Crippen molar-refractivity contribution < 1.29 is 9.58 Å². The quantitative estimate of drug-likeness (QED) is 0.357. The fourth-order valence-corrected chi connectivity index (χ4v) is 1.21. The van der Waals surface area contributed by atoms with E-state index in [1.807, 2.05) is 13.8 Å². The Balaban J connectivity index is 2.67. The van der Waals surface area contributed by atoms with Crippen molar-refractivity contribution in [2.24, 2.45) is 5.41 Å². The predicted octanol–water partition coefficient (Wildman–Crippen LogP) is 1.83. The van der Waals surface area contributed by atoms with Gasteiger partial charge in [0.15, 0.2) is 0 Å². The maximum atomic E-state index is 11.6. The van der Waals surface area contributed by atoms with Gasteiger partial charge in [0, 0.05) is 5.41 Å². The molecule has 0 unspecified atom stereocenters. The monoisotopic (exact) mass is 166 g/mol. The van der Waals surface area contributed by atoms with Crippen LogP contribution in [0.15, 0.2) is 0 Å². The fraction of sp³-hybridized carbons (Fsp3) is 0.778. The molecule has 0 aromatic heterocycles. The van der Waals surface area contributed by atoms with E-state index in [4.69, 9.17) is 5.53 Å². The second kappa shape index (κ2) is 3.20. The zero-order chi connectivity index (χ0) is 9.19. The van der Waals surface area contributed by atoms with E-state index in [-0.39, 0.29) is 11.2 Å². The standard InChI is InChI=1S/C9H14N2O/c1-3-4-7(11-10)8(12)9(2)5-6-9/h3-6H2,1-2H3. The van der Waals surface area contributed by atoms with E-state index in [9.17, 15) is 4.79 Å². The van der Waals surface area contributed by atoms with Crippen LogP contribution in [0.25, 0.3) is 5.53 Å². The molecule has 0 aromatic carbocycles. The maximum Gasteiger partial charge on any atom is 0.334 e. The summed E-state index contributed by atoms with van der Waals surface area (Å²) in [5, 5.41) is 0. The Hall–Kier alpha value is -0.950. The molecule has 1 rings (SSSR count). The Labute approximate surface area is 72.4 Å². The normalized spacial score (nSPS) is 18.2. The van der Waals surface area contributed by atoms with E-state index >= 15 is 0 Å². The summed E-state index contributed by atoms with van der Waals surface area (Å²) in [7, 11) is 0. The lowest BCUT2D eigenvalue weighted by molar-refractivity contribution is -0.121. The maximum absolute atomic E-state index is 11.6. The van der Waals surface area contributed by atoms with E-state index in [0.29, 0.717) is 12.1 Å². The van der Waals surface area contributed by atoms with Crippen LogP contribution in [0.2, 0.25) is 0 Å². The summed E-state index contributed by atoms with van der Waals surface area (Å²) in [6, 6.07) is 0. The van der Waals surface area contributed by atoms with Crippen molar-refractivity contribution in [3.05, 3.63) is 5.53 Å². The lowest BCUT2D eigenvalue weighted by atomic mass is 9.97. The van der Waals surface area contributed by atoms with Gasteiger partial charge < -0.3 is 5.53 Å². The highest BCUT2D eigenvalue weighted by Gasteiger charge is 2.49. The Kier molecular flexibility index (Phi) is 2.43. The average molecular weight is 166 g/mol. The summed E-state index contributed by atoms with van der Waals surface area (Å²) in [4.78, 5) is 14.6. The van der Waals surface area contributed by atoms with Crippen LogP contribution in [0.1, 0.15) is 39.5 Å². The van der Waals surface area contributed by atoms with Crippen molar-refractivity contribution in [3.63, 3.8) is 0 Å². The highest BCUT2D eigenvalue weighted by Crippen LogP contribution is 2.46. The molecular weight excluding hydrogens is 152 g/mol. The molecule has 0 saturated heterocycles. The van der Waals surface area contributed by atoms with Crippen LogP contribution in [0.5, 0.6) is 0 Å². The molecule has 1 fully saturated rings. The number of carbonyl (C=O) groups is 1. The van der Waals surface area contributed by atoms with Gasteiger partial charge in [0.05, 0.1) is 6.42 Å². The van der Waals surface area contributed by atoms with Crippen molar-refractivity contribution in [1.29, 1.82) is 0 Å². The van der Waals surface area contributed by atoms with Crippen LogP contribution in [-0.4, -0.2) is 16.3 Å². The molecule has 1 saturated carbocycles. The molecule has 66 valence electrons. The van der Waals surface area contributed by atoms with Gasteiger partial charge in [-0.05, 0) is 19.3 Å². The summed E-state index contributed by atoms with van der Waals surface area (Å²) in [5.74, 6) is 0.0341. The summed E-state index contributed by atoms with van der Waals surface area (Å²) < 4.78 is 0. The van der Waals surface area contributed by atoms with Crippen LogP contribution in [-0.2, 0) is 4.79 Å². The van der Waals surface area contributed by atoms with E-state index in [0.717, 1.165) is 19.3 Å². The van der Waals surface area contributed by atoms with Crippen LogP contribution in [0.4, 0.5) is 0 Å². The third-order valence-corrected chi connectivity index (χ3v) is 2.42. The van der Waals surface area contributed by atoms with Gasteiger partial charge in [-0.1, -0.05) is 13.8 Å². The lowest BCUT2D eigenvalue weighted by Gasteiger charge is -2.00. The van der Waals surface area contributed by atoms with Crippen LogP contribution in [0, 0.1) is 5.41 Å². The number of carbonyl (C=O) groups excluding carboxylic acids is 1. The smallest absolute Gasteiger partial charge is 0.334 e. The minimum Gasteiger partial charge on any atom is -0.361 e. The van der Waals surface area contributed by atoms with E-state index in [2.05, 4.69) is 4.79 Å². The van der Waals surface area contributed by atoms with Crippen molar-refractivity contribution >= 4 is 11.5 Å². The first kappa shape index (κ1) is 9.14. The molecule has 1 aliphatic carbocycles. The van der Waals surface area contributed by atoms with E-state index in [1.54, 1.807) is 0 Å². The van der Waals surface area contributed by atoms with Gasteiger partial charge in [0.25, 0.3) is 0 Å². The molecule has 0 heterocycles. The Morgan fingerprint density at radius 2 is 2.17 bits per heavy atom. The molecule has 0 bridgehead atoms. The molecule has 0 spiro atoms. The minimum absolute atomic E-state index is 0.0341. The molecule has 0 radical (unpaired) electrons. The molecule has 0 amide bonds.